The Kier molecular flexibility index (Phi) is 4.89. The summed E-state index contributed by atoms with van der Waals surface area (Å²) < 4.78 is 5.16. The van der Waals surface area contributed by atoms with Crippen LogP contribution in [0, 0.1) is 0 Å². The first-order valence-corrected chi connectivity index (χ1v) is 7.30. The number of aromatic amines is 1. The van der Waals surface area contributed by atoms with Crippen molar-refractivity contribution < 1.29 is 20.1 Å². The quantitative estimate of drug-likeness (QED) is 0.354. The van der Waals surface area contributed by atoms with Gasteiger partial charge in [-0.3, -0.25) is 4.79 Å². The van der Waals surface area contributed by atoms with E-state index in [-0.39, 0.29) is 17.4 Å². The standard InChI is InChI=1S/C10H14ClN3O5S/c1-20-10-13-7(4(11)8(18)14-10)12-9-6(17)5(16)3(15)2-19-9/h3,5-6,9,15-17H,2H2,1H3,(H2,12,13,14,18). The van der Waals surface area contributed by atoms with Crippen molar-refractivity contribution in [1.82, 2.24) is 9.97 Å². The first-order chi connectivity index (χ1) is 9.43. The number of H-pyrrole nitrogens is 1. The molecule has 1 aliphatic heterocycles. The van der Waals surface area contributed by atoms with E-state index in [1.807, 2.05) is 0 Å². The zero-order valence-corrected chi connectivity index (χ0v) is 12.0. The highest BCUT2D eigenvalue weighted by Crippen LogP contribution is 2.22. The summed E-state index contributed by atoms with van der Waals surface area (Å²) >= 11 is 7.04. The molecule has 2 rings (SSSR count). The molecule has 112 valence electrons. The number of halogens is 1. The van der Waals surface area contributed by atoms with Crippen molar-refractivity contribution in [2.24, 2.45) is 0 Å². The summed E-state index contributed by atoms with van der Waals surface area (Å²) in [5.74, 6) is 0.0346. The van der Waals surface area contributed by atoms with Crippen molar-refractivity contribution in [1.29, 1.82) is 0 Å². The number of aliphatic hydroxyl groups excluding tert-OH is 3. The second kappa shape index (κ2) is 6.29. The average molecular weight is 324 g/mol. The van der Waals surface area contributed by atoms with Gasteiger partial charge in [-0.1, -0.05) is 23.4 Å². The fourth-order valence-electron chi connectivity index (χ4n) is 1.70. The molecule has 1 aliphatic rings. The summed E-state index contributed by atoms with van der Waals surface area (Å²) in [4.78, 5) is 18.1. The second-order valence-corrected chi connectivity index (χ2v) is 5.36. The highest BCUT2D eigenvalue weighted by Gasteiger charge is 2.38. The summed E-state index contributed by atoms with van der Waals surface area (Å²) in [7, 11) is 0. The monoisotopic (exact) mass is 323 g/mol. The Morgan fingerprint density at radius 1 is 1.45 bits per heavy atom. The smallest absolute Gasteiger partial charge is 0.272 e. The molecule has 0 radical (unpaired) electrons. The molecule has 1 aromatic heterocycles. The van der Waals surface area contributed by atoms with E-state index in [4.69, 9.17) is 16.3 Å². The average Bonchev–Trinajstić information content (AvgIpc) is 2.44. The van der Waals surface area contributed by atoms with E-state index >= 15 is 0 Å². The number of anilines is 1. The predicted molar refractivity (Wildman–Crippen MR) is 73.0 cm³/mol. The molecular weight excluding hydrogens is 310 g/mol. The Hall–Kier alpha value is -0.840. The lowest BCUT2D eigenvalue weighted by molar-refractivity contribution is -0.178. The first kappa shape index (κ1) is 15.5. The first-order valence-electron chi connectivity index (χ1n) is 5.70. The molecule has 8 nitrogen and oxygen atoms in total. The zero-order chi connectivity index (χ0) is 14.9. The number of nitrogens with zero attached hydrogens (tertiary/aromatic N) is 1. The molecule has 1 aromatic rings. The van der Waals surface area contributed by atoms with Crippen molar-refractivity contribution in [3.63, 3.8) is 0 Å². The summed E-state index contributed by atoms with van der Waals surface area (Å²) in [5.41, 5.74) is -0.528. The lowest BCUT2D eigenvalue weighted by atomic mass is 10.0. The van der Waals surface area contributed by atoms with Gasteiger partial charge in [0, 0.05) is 0 Å². The van der Waals surface area contributed by atoms with Crippen LogP contribution < -0.4 is 10.9 Å². The van der Waals surface area contributed by atoms with Crippen LogP contribution in [0.15, 0.2) is 9.95 Å². The predicted octanol–water partition coefficient (Wildman–Crippen LogP) is -1.00. The van der Waals surface area contributed by atoms with Gasteiger partial charge in [-0.2, -0.15) is 0 Å². The van der Waals surface area contributed by atoms with E-state index in [1.54, 1.807) is 6.26 Å². The molecule has 10 heteroatoms. The molecule has 1 saturated heterocycles. The van der Waals surface area contributed by atoms with Gasteiger partial charge in [-0.15, -0.1) is 0 Å². The second-order valence-electron chi connectivity index (χ2n) is 4.18. The normalized spacial score (nSPS) is 30.2. The molecule has 5 N–H and O–H groups in total. The summed E-state index contributed by atoms with van der Waals surface area (Å²) in [6.45, 7) is -0.161. The van der Waals surface area contributed by atoms with Crippen molar-refractivity contribution in [3.8, 4) is 0 Å². The van der Waals surface area contributed by atoms with Crippen molar-refractivity contribution >= 4 is 29.2 Å². The van der Waals surface area contributed by atoms with Crippen LogP contribution >= 0.6 is 23.4 Å². The molecule has 2 heterocycles. The Labute approximate surface area is 123 Å². The minimum Gasteiger partial charge on any atom is -0.388 e. The van der Waals surface area contributed by atoms with E-state index in [9.17, 15) is 20.1 Å². The number of aliphatic hydroxyl groups is 3. The van der Waals surface area contributed by atoms with E-state index in [2.05, 4.69) is 15.3 Å². The van der Waals surface area contributed by atoms with Gasteiger partial charge in [0.2, 0.25) is 0 Å². The van der Waals surface area contributed by atoms with Crippen molar-refractivity contribution in [2.45, 2.75) is 29.7 Å². The Bertz CT molecular complexity index is 542. The van der Waals surface area contributed by atoms with Gasteiger partial charge in [0.1, 0.15) is 23.3 Å². The molecule has 0 aromatic carbocycles. The van der Waals surface area contributed by atoms with Crippen LogP contribution in [-0.2, 0) is 4.74 Å². The molecule has 4 unspecified atom stereocenters. The number of aromatic nitrogens is 2. The molecule has 4 atom stereocenters. The SMILES string of the molecule is CSc1nc(NC2OCC(O)C(O)C2O)c(Cl)c(=O)[nH]1. The lowest BCUT2D eigenvalue weighted by Crippen LogP contribution is -2.55. The summed E-state index contributed by atoms with van der Waals surface area (Å²) in [6.07, 6.45) is -3.22. The van der Waals surface area contributed by atoms with Crippen LogP contribution in [0.4, 0.5) is 5.82 Å². The lowest BCUT2D eigenvalue weighted by Gasteiger charge is -2.35. The van der Waals surface area contributed by atoms with Crippen LogP contribution in [0.3, 0.4) is 0 Å². The highest BCUT2D eigenvalue weighted by atomic mass is 35.5. The molecular formula is C10H14ClN3O5S. The maximum absolute atomic E-state index is 11.6. The fraction of sp³-hybridized carbons (Fsp3) is 0.600. The molecule has 0 aliphatic carbocycles. The molecule has 1 fully saturated rings. The third-order valence-electron chi connectivity index (χ3n) is 2.81. The number of nitrogens with one attached hydrogen (secondary N) is 2. The molecule has 20 heavy (non-hydrogen) atoms. The van der Waals surface area contributed by atoms with Crippen LogP contribution in [0.2, 0.25) is 5.02 Å². The third-order valence-corrected chi connectivity index (χ3v) is 3.74. The van der Waals surface area contributed by atoms with Gasteiger partial charge in [0.05, 0.1) is 6.61 Å². The third kappa shape index (κ3) is 3.08. The largest absolute Gasteiger partial charge is 0.388 e. The van der Waals surface area contributed by atoms with Crippen molar-refractivity contribution in [2.75, 3.05) is 18.2 Å². The van der Waals surface area contributed by atoms with E-state index in [1.165, 1.54) is 11.8 Å². The van der Waals surface area contributed by atoms with Crippen LogP contribution in [0.5, 0.6) is 0 Å². The number of ether oxygens (including phenoxy) is 1. The highest BCUT2D eigenvalue weighted by molar-refractivity contribution is 7.98. The van der Waals surface area contributed by atoms with Crippen LogP contribution in [0.25, 0.3) is 0 Å². The van der Waals surface area contributed by atoms with Crippen LogP contribution in [-0.4, -0.2) is 62.7 Å². The fourth-order valence-corrected chi connectivity index (χ4v) is 2.22. The van der Waals surface area contributed by atoms with Crippen molar-refractivity contribution in [3.05, 3.63) is 15.4 Å². The van der Waals surface area contributed by atoms with Crippen LogP contribution in [0.1, 0.15) is 0 Å². The maximum atomic E-state index is 11.6. The number of hydrogen-bond acceptors (Lipinski definition) is 8. The van der Waals surface area contributed by atoms with Gasteiger partial charge in [-0.05, 0) is 6.26 Å². The van der Waals surface area contributed by atoms with Gasteiger partial charge in [0.15, 0.2) is 17.2 Å². The van der Waals surface area contributed by atoms with Gasteiger partial charge in [-0.25, -0.2) is 4.98 Å². The Morgan fingerprint density at radius 2 is 2.15 bits per heavy atom. The van der Waals surface area contributed by atoms with E-state index in [0.717, 1.165) is 0 Å². The number of thioether (sulfide) groups is 1. The van der Waals surface area contributed by atoms with Gasteiger partial charge in [0.25, 0.3) is 5.56 Å². The maximum Gasteiger partial charge on any atom is 0.272 e. The minimum absolute atomic E-state index is 0.0346. The zero-order valence-electron chi connectivity index (χ0n) is 10.4. The number of rotatable bonds is 3. The van der Waals surface area contributed by atoms with E-state index < -0.39 is 30.1 Å². The summed E-state index contributed by atoms with van der Waals surface area (Å²) in [5, 5.41) is 31.5. The minimum atomic E-state index is -1.38. The molecule has 0 amide bonds. The Balaban J connectivity index is 2.22. The molecule has 0 saturated carbocycles. The van der Waals surface area contributed by atoms with E-state index in [0.29, 0.717) is 5.16 Å². The molecule has 0 bridgehead atoms. The van der Waals surface area contributed by atoms with Gasteiger partial charge >= 0.3 is 0 Å². The molecule has 0 spiro atoms. The summed E-state index contributed by atoms with van der Waals surface area (Å²) in [6, 6.07) is 0. The Morgan fingerprint density at radius 3 is 2.80 bits per heavy atom. The van der Waals surface area contributed by atoms with Gasteiger partial charge < -0.3 is 30.4 Å². The number of hydrogen-bond donors (Lipinski definition) is 5. The topological polar surface area (TPSA) is 128 Å².